The number of carbonyl (C=O) groups excluding carboxylic acids is 1. The van der Waals surface area contributed by atoms with Gasteiger partial charge in [0.1, 0.15) is 12.2 Å². The molecule has 0 saturated carbocycles. The minimum atomic E-state index is -1.01. The van der Waals surface area contributed by atoms with Gasteiger partial charge in [-0.1, -0.05) is 28.9 Å². The number of aromatic nitrogens is 3. The smallest absolute Gasteiger partial charge is 0.325 e. The summed E-state index contributed by atoms with van der Waals surface area (Å²) in [6, 6.07) is 6.68. The lowest BCUT2D eigenvalue weighted by Gasteiger charge is -2.04. The van der Waals surface area contributed by atoms with Crippen LogP contribution < -0.4 is 5.32 Å². The molecule has 104 valence electrons. The predicted molar refractivity (Wildman–Crippen MR) is 70.3 cm³/mol. The fourth-order valence-corrected chi connectivity index (χ4v) is 1.77. The monoisotopic (exact) mass is 294 g/mol. The zero-order valence-electron chi connectivity index (χ0n) is 10.3. The van der Waals surface area contributed by atoms with Gasteiger partial charge in [-0.2, -0.15) is 0 Å². The minimum Gasteiger partial charge on any atom is -0.480 e. The summed E-state index contributed by atoms with van der Waals surface area (Å²) in [5, 5.41) is 19.0. The summed E-state index contributed by atoms with van der Waals surface area (Å²) in [7, 11) is 0. The third-order valence-corrected chi connectivity index (χ3v) is 2.76. The number of benzene rings is 1. The number of amides is 1. The first-order valence-corrected chi connectivity index (χ1v) is 6.07. The summed E-state index contributed by atoms with van der Waals surface area (Å²) in [5.41, 5.74) is 0.832. The van der Waals surface area contributed by atoms with Crippen LogP contribution in [0, 0.1) is 0 Å². The number of hydrogen-bond donors (Lipinski definition) is 2. The van der Waals surface area contributed by atoms with E-state index in [1.165, 1.54) is 10.9 Å². The van der Waals surface area contributed by atoms with Crippen molar-refractivity contribution >= 4 is 23.5 Å². The van der Waals surface area contributed by atoms with Crippen LogP contribution in [0.3, 0.4) is 0 Å². The molecular formula is C12H11ClN4O3. The van der Waals surface area contributed by atoms with Gasteiger partial charge in [0.15, 0.2) is 0 Å². The van der Waals surface area contributed by atoms with Crippen molar-refractivity contribution in [3.8, 4) is 0 Å². The normalized spacial score (nSPS) is 10.2. The number of carbonyl (C=O) groups is 2. The van der Waals surface area contributed by atoms with Crippen LogP contribution in [0.2, 0.25) is 5.02 Å². The lowest BCUT2D eigenvalue weighted by molar-refractivity contribution is -0.137. The summed E-state index contributed by atoms with van der Waals surface area (Å²) in [4.78, 5) is 22.4. The van der Waals surface area contributed by atoms with Gasteiger partial charge in [0, 0.05) is 0 Å². The summed E-state index contributed by atoms with van der Waals surface area (Å²) >= 11 is 5.90. The molecule has 20 heavy (non-hydrogen) atoms. The molecule has 1 aromatic heterocycles. The molecule has 0 unspecified atom stereocenters. The Hall–Kier alpha value is -2.41. The van der Waals surface area contributed by atoms with E-state index >= 15 is 0 Å². The minimum absolute atomic E-state index is 0.143. The van der Waals surface area contributed by atoms with Crippen molar-refractivity contribution in [1.29, 1.82) is 0 Å². The van der Waals surface area contributed by atoms with E-state index in [9.17, 15) is 9.59 Å². The fraction of sp³-hybridized carbons (Fsp3) is 0.167. The molecule has 2 rings (SSSR count). The first kappa shape index (κ1) is 14.0. The van der Waals surface area contributed by atoms with E-state index < -0.39 is 5.97 Å². The van der Waals surface area contributed by atoms with Crippen molar-refractivity contribution in [2.75, 3.05) is 0 Å². The predicted octanol–water partition coefficient (Wildman–Crippen LogP) is 0.946. The van der Waals surface area contributed by atoms with Gasteiger partial charge in [-0.25, -0.2) is 4.68 Å². The highest BCUT2D eigenvalue weighted by atomic mass is 35.5. The molecule has 1 heterocycles. The van der Waals surface area contributed by atoms with Crippen LogP contribution in [0.25, 0.3) is 0 Å². The summed E-state index contributed by atoms with van der Waals surface area (Å²) in [5.74, 6) is -1.34. The van der Waals surface area contributed by atoms with Crippen molar-refractivity contribution in [3.63, 3.8) is 0 Å². The van der Waals surface area contributed by atoms with Crippen molar-refractivity contribution in [1.82, 2.24) is 20.3 Å². The van der Waals surface area contributed by atoms with Gasteiger partial charge in [-0.05, 0) is 12.1 Å². The highest BCUT2D eigenvalue weighted by Gasteiger charge is 2.10. The average Bonchev–Trinajstić information content (AvgIpc) is 2.83. The highest BCUT2D eigenvalue weighted by Crippen LogP contribution is 2.14. The van der Waals surface area contributed by atoms with Gasteiger partial charge in [0.2, 0.25) is 0 Å². The Morgan fingerprint density at radius 2 is 2.10 bits per heavy atom. The van der Waals surface area contributed by atoms with Crippen LogP contribution in [0.4, 0.5) is 0 Å². The Morgan fingerprint density at radius 1 is 1.35 bits per heavy atom. The molecule has 0 fully saturated rings. The molecule has 0 saturated heterocycles. The summed E-state index contributed by atoms with van der Waals surface area (Å²) < 4.78 is 1.18. The molecule has 0 aliphatic rings. The molecule has 2 aromatic rings. The molecule has 0 bridgehead atoms. The maximum atomic E-state index is 11.9. The molecule has 7 nitrogen and oxygen atoms in total. The fourth-order valence-electron chi connectivity index (χ4n) is 1.55. The zero-order valence-corrected chi connectivity index (χ0v) is 11.0. The molecule has 0 aliphatic carbocycles. The molecule has 0 radical (unpaired) electrons. The molecular weight excluding hydrogens is 284 g/mol. The third-order valence-electron chi connectivity index (χ3n) is 2.43. The molecule has 0 atom stereocenters. The number of hydrogen-bond acceptors (Lipinski definition) is 4. The average molecular weight is 295 g/mol. The van der Waals surface area contributed by atoms with Gasteiger partial charge in [-0.3, -0.25) is 9.59 Å². The Kier molecular flexibility index (Phi) is 4.31. The van der Waals surface area contributed by atoms with Gasteiger partial charge in [0.25, 0.3) is 5.91 Å². The van der Waals surface area contributed by atoms with Gasteiger partial charge in [-0.15, -0.1) is 5.10 Å². The molecule has 2 N–H and O–H groups in total. The van der Waals surface area contributed by atoms with E-state index in [1.54, 1.807) is 24.3 Å². The van der Waals surface area contributed by atoms with Crippen LogP contribution >= 0.6 is 11.6 Å². The first-order chi connectivity index (χ1) is 9.56. The Morgan fingerprint density at radius 3 is 2.80 bits per heavy atom. The third kappa shape index (κ3) is 3.55. The zero-order chi connectivity index (χ0) is 14.5. The number of carboxylic acids is 1. The van der Waals surface area contributed by atoms with E-state index in [0.717, 1.165) is 0 Å². The van der Waals surface area contributed by atoms with Crippen molar-refractivity contribution in [2.45, 2.75) is 13.1 Å². The molecule has 1 amide bonds. The summed E-state index contributed by atoms with van der Waals surface area (Å²) in [6.07, 6.45) is 1.46. The van der Waals surface area contributed by atoms with E-state index in [-0.39, 0.29) is 19.0 Å². The maximum Gasteiger partial charge on any atom is 0.325 e. The standard InChI is InChI=1S/C12H11ClN4O3/c13-10-4-2-1-3-9(10)12(20)14-5-8-6-17(16-15-8)7-11(18)19/h1-4,6H,5,7H2,(H,14,20)(H,18,19). The lowest BCUT2D eigenvalue weighted by atomic mass is 10.2. The van der Waals surface area contributed by atoms with Crippen molar-refractivity contribution in [2.24, 2.45) is 0 Å². The van der Waals surface area contributed by atoms with Crippen molar-refractivity contribution < 1.29 is 14.7 Å². The molecule has 1 aromatic carbocycles. The second-order valence-corrected chi connectivity index (χ2v) is 4.37. The number of aliphatic carboxylic acids is 1. The lowest BCUT2D eigenvalue weighted by Crippen LogP contribution is -2.23. The number of carboxylic acid groups (broad SMARTS) is 1. The number of nitrogens with zero attached hydrogens (tertiary/aromatic N) is 3. The largest absolute Gasteiger partial charge is 0.480 e. The van der Waals surface area contributed by atoms with Gasteiger partial charge in [0.05, 0.1) is 23.3 Å². The quantitative estimate of drug-likeness (QED) is 0.855. The number of nitrogens with one attached hydrogen (secondary N) is 1. The first-order valence-electron chi connectivity index (χ1n) is 5.70. The Balaban J connectivity index is 1.95. The summed E-state index contributed by atoms with van der Waals surface area (Å²) in [6.45, 7) is -0.130. The van der Waals surface area contributed by atoms with E-state index in [2.05, 4.69) is 15.6 Å². The molecule has 0 spiro atoms. The van der Waals surface area contributed by atoms with Crippen LogP contribution in [0.15, 0.2) is 30.5 Å². The molecule has 0 aliphatic heterocycles. The van der Waals surface area contributed by atoms with Crippen LogP contribution in [0.1, 0.15) is 16.1 Å². The van der Waals surface area contributed by atoms with Gasteiger partial charge < -0.3 is 10.4 Å². The van der Waals surface area contributed by atoms with Crippen LogP contribution in [-0.4, -0.2) is 32.0 Å². The second-order valence-electron chi connectivity index (χ2n) is 3.96. The van der Waals surface area contributed by atoms with Crippen LogP contribution in [-0.2, 0) is 17.9 Å². The topological polar surface area (TPSA) is 97.1 Å². The van der Waals surface area contributed by atoms with E-state index in [0.29, 0.717) is 16.3 Å². The molecule has 8 heteroatoms. The maximum absolute atomic E-state index is 11.9. The Labute approximate surface area is 119 Å². The van der Waals surface area contributed by atoms with Crippen LogP contribution in [0.5, 0.6) is 0 Å². The number of halogens is 1. The van der Waals surface area contributed by atoms with Crippen molar-refractivity contribution in [3.05, 3.63) is 46.7 Å². The van der Waals surface area contributed by atoms with E-state index in [4.69, 9.17) is 16.7 Å². The highest BCUT2D eigenvalue weighted by molar-refractivity contribution is 6.33. The van der Waals surface area contributed by atoms with E-state index in [1.807, 2.05) is 0 Å². The van der Waals surface area contributed by atoms with Gasteiger partial charge >= 0.3 is 5.97 Å². The Bertz CT molecular complexity index is 641. The SMILES string of the molecule is O=C(O)Cn1cc(CNC(=O)c2ccccc2Cl)nn1. The number of rotatable bonds is 5. The second kappa shape index (κ2) is 6.16.